The van der Waals surface area contributed by atoms with E-state index >= 15 is 0 Å². The first-order chi connectivity index (χ1) is 7.08. The Kier molecular flexibility index (Phi) is 4.12. The summed E-state index contributed by atoms with van der Waals surface area (Å²) in [6, 6.07) is 4.30. The van der Waals surface area contributed by atoms with Gasteiger partial charge in [0.1, 0.15) is 5.75 Å². The summed E-state index contributed by atoms with van der Waals surface area (Å²) in [4.78, 5) is 2.07. The van der Waals surface area contributed by atoms with Gasteiger partial charge in [-0.1, -0.05) is 12.1 Å². The summed E-state index contributed by atoms with van der Waals surface area (Å²) in [5.74, 6) is 0.981. The van der Waals surface area contributed by atoms with E-state index in [-0.39, 0.29) is 0 Å². The molecule has 0 aliphatic heterocycles. The Labute approximate surface area is 91.8 Å². The molecule has 0 atom stereocenters. The van der Waals surface area contributed by atoms with E-state index < -0.39 is 0 Å². The molecule has 0 saturated heterocycles. The van der Waals surface area contributed by atoms with Crippen LogP contribution in [0.5, 0.6) is 5.75 Å². The first kappa shape index (κ1) is 12.0. The first-order valence-corrected chi connectivity index (χ1v) is 5.11. The van der Waals surface area contributed by atoms with Gasteiger partial charge >= 0.3 is 0 Å². The molecule has 1 rings (SSSR count). The van der Waals surface area contributed by atoms with E-state index in [0.29, 0.717) is 6.67 Å². The van der Waals surface area contributed by atoms with Crippen LogP contribution in [-0.4, -0.2) is 25.7 Å². The zero-order valence-electron chi connectivity index (χ0n) is 10.0. The lowest BCUT2D eigenvalue weighted by Gasteiger charge is -2.16. The maximum atomic E-state index is 5.55. The number of ether oxygens (including phenoxy) is 1. The third kappa shape index (κ3) is 2.94. The van der Waals surface area contributed by atoms with Gasteiger partial charge in [-0.05, 0) is 37.6 Å². The average Bonchev–Trinajstić information content (AvgIpc) is 2.17. The third-order valence-electron chi connectivity index (χ3n) is 2.49. The fraction of sp³-hybridized carbons (Fsp3) is 0.500. The molecule has 0 aromatic heterocycles. The van der Waals surface area contributed by atoms with Crippen LogP contribution in [0.3, 0.4) is 0 Å². The highest BCUT2D eigenvalue weighted by molar-refractivity contribution is 5.43. The van der Waals surface area contributed by atoms with Crippen molar-refractivity contribution in [1.82, 2.24) is 4.90 Å². The van der Waals surface area contributed by atoms with Crippen LogP contribution in [0.2, 0.25) is 0 Å². The van der Waals surface area contributed by atoms with Crippen molar-refractivity contribution in [1.29, 1.82) is 0 Å². The second-order valence-corrected chi connectivity index (χ2v) is 3.96. The molecule has 1 aromatic rings. The van der Waals surface area contributed by atoms with E-state index in [2.05, 4.69) is 30.9 Å². The lowest BCUT2D eigenvalue weighted by molar-refractivity contribution is 0.337. The molecule has 84 valence electrons. The number of hydrogen-bond donors (Lipinski definition) is 1. The summed E-state index contributed by atoms with van der Waals surface area (Å²) in [7, 11) is 3.72. The molecule has 0 radical (unpaired) electrons. The van der Waals surface area contributed by atoms with Crippen LogP contribution in [0, 0.1) is 13.8 Å². The molecule has 15 heavy (non-hydrogen) atoms. The van der Waals surface area contributed by atoms with Gasteiger partial charge in [0, 0.05) is 13.2 Å². The second kappa shape index (κ2) is 5.14. The summed E-state index contributed by atoms with van der Waals surface area (Å²) in [6.45, 7) is 5.59. The van der Waals surface area contributed by atoms with E-state index in [4.69, 9.17) is 10.5 Å². The van der Waals surface area contributed by atoms with Crippen LogP contribution in [0.4, 0.5) is 0 Å². The van der Waals surface area contributed by atoms with Gasteiger partial charge in [-0.15, -0.1) is 0 Å². The van der Waals surface area contributed by atoms with Gasteiger partial charge in [-0.2, -0.15) is 0 Å². The Hall–Kier alpha value is -1.06. The van der Waals surface area contributed by atoms with E-state index in [1.54, 1.807) is 7.11 Å². The predicted octanol–water partition coefficient (Wildman–Crippen LogP) is 1.66. The van der Waals surface area contributed by atoms with E-state index in [1.165, 1.54) is 16.7 Å². The van der Waals surface area contributed by atoms with Crippen molar-refractivity contribution in [3.05, 3.63) is 28.8 Å². The smallest absolute Gasteiger partial charge is 0.124 e. The topological polar surface area (TPSA) is 38.5 Å². The minimum atomic E-state index is 0.574. The summed E-state index contributed by atoms with van der Waals surface area (Å²) < 4.78 is 5.32. The van der Waals surface area contributed by atoms with Crippen LogP contribution < -0.4 is 10.5 Å². The molecular weight excluding hydrogens is 188 g/mol. The number of nitrogens with two attached hydrogens (primary N) is 1. The van der Waals surface area contributed by atoms with Crippen LogP contribution in [-0.2, 0) is 6.54 Å². The van der Waals surface area contributed by atoms with Crippen LogP contribution >= 0.6 is 0 Å². The fourth-order valence-corrected chi connectivity index (χ4v) is 1.83. The van der Waals surface area contributed by atoms with Gasteiger partial charge in [0.15, 0.2) is 0 Å². The average molecular weight is 208 g/mol. The van der Waals surface area contributed by atoms with Gasteiger partial charge in [-0.25, -0.2) is 0 Å². The van der Waals surface area contributed by atoms with Crippen molar-refractivity contribution in [3.63, 3.8) is 0 Å². The minimum absolute atomic E-state index is 0.574. The van der Waals surface area contributed by atoms with Crippen LogP contribution in [0.15, 0.2) is 12.1 Å². The Bertz CT molecular complexity index is 313. The Morgan fingerprint density at radius 1 is 1.27 bits per heavy atom. The standard InChI is InChI=1S/C12H20N2O/c1-9-5-11(7-14(3)8-13)6-10(2)12(9)15-4/h5-6H,7-8,13H2,1-4H3. The zero-order valence-corrected chi connectivity index (χ0v) is 10.0. The molecule has 0 aliphatic carbocycles. The maximum Gasteiger partial charge on any atom is 0.124 e. The minimum Gasteiger partial charge on any atom is -0.496 e. The summed E-state index contributed by atoms with van der Waals surface area (Å²) in [5.41, 5.74) is 9.19. The molecule has 0 saturated carbocycles. The van der Waals surface area contributed by atoms with Crippen LogP contribution in [0.1, 0.15) is 16.7 Å². The number of methoxy groups -OCH3 is 1. The van der Waals surface area contributed by atoms with E-state index in [1.807, 2.05) is 7.05 Å². The molecule has 0 aliphatic rings. The number of rotatable bonds is 4. The molecule has 0 unspecified atom stereocenters. The monoisotopic (exact) mass is 208 g/mol. The molecule has 0 fully saturated rings. The Morgan fingerprint density at radius 3 is 2.20 bits per heavy atom. The quantitative estimate of drug-likeness (QED) is 0.765. The molecule has 0 spiro atoms. The van der Waals surface area contributed by atoms with Crippen LogP contribution in [0.25, 0.3) is 0 Å². The second-order valence-electron chi connectivity index (χ2n) is 3.96. The van der Waals surface area contributed by atoms with E-state index in [0.717, 1.165) is 12.3 Å². The molecule has 2 N–H and O–H groups in total. The first-order valence-electron chi connectivity index (χ1n) is 5.11. The molecule has 0 amide bonds. The van der Waals surface area contributed by atoms with Crippen molar-refractivity contribution in [3.8, 4) is 5.75 Å². The lowest BCUT2D eigenvalue weighted by atomic mass is 10.1. The van der Waals surface area contributed by atoms with Gasteiger partial charge in [0.25, 0.3) is 0 Å². The van der Waals surface area contributed by atoms with Crippen molar-refractivity contribution in [2.75, 3.05) is 20.8 Å². The highest BCUT2D eigenvalue weighted by Crippen LogP contribution is 2.24. The van der Waals surface area contributed by atoms with Gasteiger partial charge in [0.05, 0.1) is 7.11 Å². The van der Waals surface area contributed by atoms with Crippen molar-refractivity contribution < 1.29 is 4.74 Å². The summed E-state index contributed by atoms with van der Waals surface area (Å²) in [5, 5.41) is 0. The molecule has 1 aromatic carbocycles. The number of aryl methyl sites for hydroxylation is 2. The SMILES string of the molecule is COc1c(C)cc(CN(C)CN)cc1C. The van der Waals surface area contributed by atoms with Crippen molar-refractivity contribution in [2.45, 2.75) is 20.4 Å². The Balaban J connectivity index is 2.93. The molecular formula is C12H20N2O. The maximum absolute atomic E-state index is 5.55. The van der Waals surface area contributed by atoms with Gasteiger partial charge in [-0.3, -0.25) is 4.90 Å². The Morgan fingerprint density at radius 2 is 1.80 bits per heavy atom. The summed E-state index contributed by atoms with van der Waals surface area (Å²) in [6.07, 6.45) is 0. The number of nitrogens with zero attached hydrogens (tertiary/aromatic N) is 1. The largest absolute Gasteiger partial charge is 0.496 e. The van der Waals surface area contributed by atoms with Gasteiger partial charge in [0.2, 0.25) is 0 Å². The number of hydrogen-bond acceptors (Lipinski definition) is 3. The molecule has 0 heterocycles. The fourth-order valence-electron chi connectivity index (χ4n) is 1.83. The van der Waals surface area contributed by atoms with Crippen molar-refractivity contribution in [2.24, 2.45) is 5.73 Å². The normalized spacial score (nSPS) is 10.8. The molecule has 3 nitrogen and oxygen atoms in total. The molecule has 0 bridgehead atoms. The summed E-state index contributed by atoms with van der Waals surface area (Å²) >= 11 is 0. The molecule has 3 heteroatoms. The lowest BCUT2D eigenvalue weighted by Crippen LogP contribution is -2.25. The van der Waals surface area contributed by atoms with Gasteiger partial charge < -0.3 is 10.5 Å². The predicted molar refractivity (Wildman–Crippen MR) is 63.0 cm³/mol. The highest BCUT2D eigenvalue weighted by Gasteiger charge is 2.06. The number of benzene rings is 1. The third-order valence-corrected chi connectivity index (χ3v) is 2.49. The zero-order chi connectivity index (χ0) is 11.4. The highest BCUT2D eigenvalue weighted by atomic mass is 16.5. The van der Waals surface area contributed by atoms with Crippen molar-refractivity contribution >= 4 is 0 Å². The van der Waals surface area contributed by atoms with E-state index in [9.17, 15) is 0 Å².